The van der Waals surface area contributed by atoms with Crippen molar-refractivity contribution in [3.63, 3.8) is 0 Å². The Morgan fingerprint density at radius 2 is 2.19 bits per heavy atom. The first kappa shape index (κ1) is 11.4. The first-order chi connectivity index (χ1) is 7.62. The number of aromatic nitrogens is 3. The molecule has 0 amide bonds. The van der Waals surface area contributed by atoms with Crippen LogP contribution in [-0.4, -0.2) is 26.7 Å². The van der Waals surface area contributed by atoms with Crippen LogP contribution in [0.3, 0.4) is 0 Å². The molecule has 1 aliphatic rings. The summed E-state index contributed by atoms with van der Waals surface area (Å²) in [6.07, 6.45) is -0.961. The Labute approximate surface area is 91.2 Å². The number of nitrogens with zero attached hydrogens (tertiary/aromatic N) is 3. The molecule has 0 aromatic carbocycles. The first-order valence-corrected chi connectivity index (χ1v) is 5.13. The predicted octanol–water partition coefficient (Wildman–Crippen LogP) is 0.447. The zero-order valence-electron chi connectivity index (χ0n) is 8.74. The minimum Gasteiger partial charge on any atom is -0.396 e. The fourth-order valence-corrected chi connectivity index (χ4v) is 1.72. The highest BCUT2D eigenvalue weighted by Gasteiger charge is 2.43. The van der Waals surface area contributed by atoms with Crippen LogP contribution in [0.25, 0.3) is 0 Å². The summed E-state index contributed by atoms with van der Waals surface area (Å²) >= 11 is 0. The average Bonchev–Trinajstić information content (AvgIpc) is 2.90. The van der Waals surface area contributed by atoms with Gasteiger partial charge in [0.2, 0.25) is 0 Å². The SMILES string of the molecule is NCc1nnn(CC2(CO)CC2)c1C(F)F. The van der Waals surface area contributed by atoms with Gasteiger partial charge in [-0.3, -0.25) is 0 Å². The summed E-state index contributed by atoms with van der Waals surface area (Å²) in [6.45, 7) is 0.232. The maximum Gasteiger partial charge on any atom is 0.281 e. The molecule has 1 fully saturated rings. The maximum absolute atomic E-state index is 12.8. The van der Waals surface area contributed by atoms with E-state index in [2.05, 4.69) is 10.3 Å². The van der Waals surface area contributed by atoms with Crippen LogP contribution in [0.1, 0.15) is 30.7 Å². The number of nitrogens with two attached hydrogens (primary N) is 1. The molecule has 7 heteroatoms. The third-order valence-electron chi connectivity index (χ3n) is 3.02. The topological polar surface area (TPSA) is 77.0 Å². The van der Waals surface area contributed by atoms with Crippen LogP contribution in [0.4, 0.5) is 8.78 Å². The molecule has 3 N–H and O–H groups in total. The third-order valence-corrected chi connectivity index (χ3v) is 3.02. The molecule has 1 aliphatic carbocycles. The predicted molar refractivity (Wildman–Crippen MR) is 51.6 cm³/mol. The average molecular weight is 232 g/mol. The van der Waals surface area contributed by atoms with Gasteiger partial charge in [-0.25, -0.2) is 13.5 Å². The molecule has 1 heterocycles. The van der Waals surface area contributed by atoms with Crippen molar-refractivity contribution in [2.45, 2.75) is 32.4 Å². The number of aliphatic hydroxyl groups is 1. The second kappa shape index (κ2) is 4.06. The lowest BCUT2D eigenvalue weighted by molar-refractivity contribution is 0.129. The molecule has 90 valence electrons. The molecular formula is C9H14F2N4O. The second-order valence-electron chi connectivity index (χ2n) is 4.24. The summed E-state index contributed by atoms with van der Waals surface area (Å²) in [4.78, 5) is 0. The van der Waals surface area contributed by atoms with Crippen LogP contribution in [-0.2, 0) is 13.1 Å². The van der Waals surface area contributed by atoms with E-state index in [1.54, 1.807) is 0 Å². The van der Waals surface area contributed by atoms with Crippen molar-refractivity contribution in [2.24, 2.45) is 11.1 Å². The van der Waals surface area contributed by atoms with Crippen LogP contribution in [0.15, 0.2) is 0 Å². The van der Waals surface area contributed by atoms with E-state index in [1.165, 1.54) is 4.68 Å². The van der Waals surface area contributed by atoms with Crippen molar-refractivity contribution in [3.05, 3.63) is 11.4 Å². The van der Waals surface area contributed by atoms with Gasteiger partial charge in [0.15, 0.2) is 0 Å². The van der Waals surface area contributed by atoms with Crippen molar-refractivity contribution < 1.29 is 13.9 Å². The Hall–Kier alpha value is -1.08. The number of rotatable bonds is 5. The van der Waals surface area contributed by atoms with E-state index in [0.717, 1.165) is 12.8 Å². The molecule has 16 heavy (non-hydrogen) atoms. The lowest BCUT2D eigenvalue weighted by Gasteiger charge is -2.13. The van der Waals surface area contributed by atoms with Gasteiger partial charge in [0, 0.05) is 12.0 Å². The largest absolute Gasteiger partial charge is 0.396 e. The number of aliphatic hydroxyl groups excluding tert-OH is 1. The Morgan fingerprint density at radius 3 is 2.62 bits per heavy atom. The Balaban J connectivity index is 2.23. The Bertz CT molecular complexity index is 376. The highest BCUT2D eigenvalue weighted by Crippen LogP contribution is 2.46. The van der Waals surface area contributed by atoms with Gasteiger partial charge in [-0.15, -0.1) is 5.10 Å². The maximum atomic E-state index is 12.8. The molecule has 0 saturated heterocycles. The molecule has 1 aromatic rings. The number of alkyl halides is 2. The van der Waals surface area contributed by atoms with Crippen molar-refractivity contribution >= 4 is 0 Å². The van der Waals surface area contributed by atoms with Gasteiger partial charge >= 0.3 is 0 Å². The van der Waals surface area contributed by atoms with Crippen LogP contribution in [0.2, 0.25) is 0 Å². The molecule has 0 unspecified atom stereocenters. The van der Waals surface area contributed by atoms with E-state index in [-0.39, 0.29) is 36.5 Å². The normalized spacial score (nSPS) is 18.1. The van der Waals surface area contributed by atoms with Gasteiger partial charge in [-0.1, -0.05) is 5.21 Å². The number of hydrogen-bond acceptors (Lipinski definition) is 4. The fourth-order valence-electron chi connectivity index (χ4n) is 1.72. The van der Waals surface area contributed by atoms with E-state index < -0.39 is 6.43 Å². The fraction of sp³-hybridized carbons (Fsp3) is 0.778. The van der Waals surface area contributed by atoms with E-state index in [9.17, 15) is 8.78 Å². The minimum atomic E-state index is -2.64. The summed E-state index contributed by atoms with van der Waals surface area (Å²) < 4.78 is 26.8. The Morgan fingerprint density at radius 1 is 1.50 bits per heavy atom. The highest BCUT2D eigenvalue weighted by molar-refractivity contribution is 5.12. The zero-order chi connectivity index (χ0) is 11.8. The Kier molecular flexibility index (Phi) is 2.90. The molecule has 5 nitrogen and oxygen atoms in total. The van der Waals surface area contributed by atoms with Gasteiger partial charge < -0.3 is 10.8 Å². The molecule has 0 aliphatic heterocycles. The van der Waals surface area contributed by atoms with Crippen LogP contribution in [0, 0.1) is 5.41 Å². The quantitative estimate of drug-likeness (QED) is 0.772. The minimum absolute atomic E-state index is 0.00645. The molecule has 1 aromatic heterocycles. The van der Waals surface area contributed by atoms with E-state index in [1.807, 2.05) is 0 Å². The summed E-state index contributed by atoms with van der Waals surface area (Å²) in [5.41, 5.74) is 4.95. The third kappa shape index (κ3) is 1.92. The van der Waals surface area contributed by atoms with E-state index in [4.69, 9.17) is 10.8 Å². The lowest BCUT2D eigenvalue weighted by atomic mass is 10.1. The van der Waals surface area contributed by atoms with Crippen molar-refractivity contribution in [1.29, 1.82) is 0 Å². The number of halogens is 2. The summed E-state index contributed by atoms with van der Waals surface area (Å²) in [7, 11) is 0. The number of hydrogen-bond donors (Lipinski definition) is 2. The molecule has 0 bridgehead atoms. The van der Waals surface area contributed by atoms with Gasteiger partial charge in [-0.2, -0.15) is 0 Å². The van der Waals surface area contributed by atoms with Gasteiger partial charge in [0.05, 0.1) is 13.2 Å². The summed E-state index contributed by atoms with van der Waals surface area (Å²) in [5.74, 6) is 0. The second-order valence-corrected chi connectivity index (χ2v) is 4.24. The molecule has 2 rings (SSSR count). The van der Waals surface area contributed by atoms with Crippen LogP contribution < -0.4 is 5.73 Å². The van der Waals surface area contributed by atoms with Gasteiger partial charge in [0.25, 0.3) is 6.43 Å². The summed E-state index contributed by atoms with van der Waals surface area (Å²) in [5, 5.41) is 16.4. The van der Waals surface area contributed by atoms with Gasteiger partial charge in [0.1, 0.15) is 11.4 Å². The monoisotopic (exact) mass is 232 g/mol. The summed E-state index contributed by atoms with van der Waals surface area (Å²) in [6, 6.07) is 0. The molecule has 0 spiro atoms. The first-order valence-electron chi connectivity index (χ1n) is 5.13. The van der Waals surface area contributed by atoms with E-state index >= 15 is 0 Å². The molecular weight excluding hydrogens is 218 g/mol. The highest BCUT2D eigenvalue weighted by atomic mass is 19.3. The molecule has 0 atom stereocenters. The van der Waals surface area contributed by atoms with Crippen molar-refractivity contribution in [2.75, 3.05) is 6.61 Å². The smallest absolute Gasteiger partial charge is 0.281 e. The van der Waals surface area contributed by atoms with Crippen LogP contribution >= 0.6 is 0 Å². The van der Waals surface area contributed by atoms with Crippen molar-refractivity contribution in [1.82, 2.24) is 15.0 Å². The van der Waals surface area contributed by atoms with E-state index in [0.29, 0.717) is 0 Å². The molecule has 0 radical (unpaired) electrons. The van der Waals surface area contributed by atoms with Gasteiger partial charge in [-0.05, 0) is 12.8 Å². The molecule has 1 saturated carbocycles. The van der Waals surface area contributed by atoms with Crippen LogP contribution in [0.5, 0.6) is 0 Å². The van der Waals surface area contributed by atoms with Crippen molar-refractivity contribution in [3.8, 4) is 0 Å². The zero-order valence-corrected chi connectivity index (χ0v) is 8.74. The lowest BCUT2D eigenvalue weighted by Crippen LogP contribution is -2.19. The standard InChI is InChI=1S/C9H14F2N4O/c10-8(11)7-6(3-12)13-14-15(7)4-9(5-16)1-2-9/h8,16H,1-5,12H2.